The van der Waals surface area contributed by atoms with E-state index in [-0.39, 0.29) is 0 Å². The van der Waals surface area contributed by atoms with Gasteiger partial charge in [0.25, 0.3) is 0 Å². The van der Waals surface area contributed by atoms with E-state index < -0.39 is 5.82 Å². The number of rotatable bonds is 2. The Labute approximate surface area is 76.1 Å². The van der Waals surface area contributed by atoms with Crippen LogP contribution in [0.1, 0.15) is 11.1 Å². The van der Waals surface area contributed by atoms with Crippen molar-refractivity contribution in [2.45, 2.75) is 0 Å². The van der Waals surface area contributed by atoms with Crippen molar-refractivity contribution >= 4 is 6.08 Å². The Morgan fingerprint density at radius 2 is 2.31 bits per heavy atom. The van der Waals surface area contributed by atoms with Crippen molar-refractivity contribution in [2.75, 3.05) is 6.54 Å². The third kappa shape index (κ3) is 2.39. The minimum absolute atomic E-state index is 0.324. The number of nitrogens with zero attached hydrogens (tertiary/aromatic N) is 1. The van der Waals surface area contributed by atoms with Crippen LogP contribution in [-0.4, -0.2) is 6.54 Å². The highest BCUT2D eigenvalue weighted by atomic mass is 19.1. The molecule has 2 N–H and O–H groups in total. The first-order valence-electron chi connectivity index (χ1n) is 3.84. The topological polar surface area (TPSA) is 49.8 Å². The quantitative estimate of drug-likeness (QED) is 0.745. The maximum Gasteiger partial charge on any atom is 0.124 e. The lowest BCUT2D eigenvalue weighted by atomic mass is 10.1. The first-order valence-corrected chi connectivity index (χ1v) is 3.84. The summed E-state index contributed by atoms with van der Waals surface area (Å²) in [5, 5.41) is 8.66. The largest absolute Gasteiger partial charge is 0.327 e. The number of nitrogens with two attached hydrogens (primary N) is 1. The van der Waals surface area contributed by atoms with E-state index in [1.54, 1.807) is 18.2 Å². The summed E-state index contributed by atoms with van der Waals surface area (Å²) in [5.41, 5.74) is 6.27. The van der Waals surface area contributed by atoms with E-state index in [1.165, 1.54) is 12.1 Å². The van der Waals surface area contributed by atoms with Gasteiger partial charge in [-0.25, -0.2) is 4.39 Å². The van der Waals surface area contributed by atoms with Crippen molar-refractivity contribution in [3.05, 3.63) is 41.2 Å². The molecule has 1 aromatic rings. The lowest BCUT2D eigenvalue weighted by molar-refractivity contribution is 0.627. The summed E-state index contributed by atoms with van der Waals surface area (Å²) in [6, 6.07) is 5.99. The molecule has 0 aliphatic rings. The fourth-order valence-corrected chi connectivity index (χ4v) is 0.966. The van der Waals surface area contributed by atoms with Crippen LogP contribution in [-0.2, 0) is 0 Å². The van der Waals surface area contributed by atoms with Crippen molar-refractivity contribution in [1.82, 2.24) is 0 Å². The molecule has 1 rings (SSSR count). The first-order chi connectivity index (χ1) is 6.27. The van der Waals surface area contributed by atoms with E-state index in [0.29, 0.717) is 17.7 Å². The van der Waals surface area contributed by atoms with Gasteiger partial charge in [0.05, 0.1) is 11.6 Å². The van der Waals surface area contributed by atoms with Crippen molar-refractivity contribution in [1.29, 1.82) is 5.26 Å². The van der Waals surface area contributed by atoms with Gasteiger partial charge in [-0.3, -0.25) is 0 Å². The van der Waals surface area contributed by atoms with Crippen molar-refractivity contribution in [2.24, 2.45) is 5.73 Å². The van der Waals surface area contributed by atoms with Gasteiger partial charge < -0.3 is 5.73 Å². The molecule has 0 aliphatic heterocycles. The number of halogens is 1. The van der Waals surface area contributed by atoms with Crippen LogP contribution in [0.15, 0.2) is 24.3 Å². The van der Waals surface area contributed by atoms with Crippen LogP contribution in [0.25, 0.3) is 6.08 Å². The van der Waals surface area contributed by atoms with Gasteiger partial charge in [-0.15, -0.1) is 0 Å². The summed E-state index contributed by atoms with van der Waals surface area (Å²) >= 11 is 0. The summed E-state index contributed by atoms with van der Waals surface area (Å²) in [5.74, 6) is -0.401. The Morgan fingerprint density at radius 3 is 2.92 bits per heavy atom. The fourth-order valence-electron chi connectivity index (χ4n) is 0.966. The monoisotopic (exact) mass is 176 g/mol. The second-order valence-corrected chi connectivity index (χ2v) is 2.48. The molecule has 0 aromatic heterocycles. The Morgan fingerprint density at radius 1 is 1.54 bits per heavy atom. The molecule has 0 atom stereocenters. The van der Waals surface area contributed by atoms with Crippen LogP contribution in [0.4, 0.5) is 4.39 Å². The summed E-state index contributed by atoms with van der Waals surface area (Å²) in [6.45, 7) is 0.405. The molecule has 0 spiro atoms. The molecule has 3 heteroatoms. The average Bonchev–Trinajstić information content (AvgIpc) is 2.16. The maximum absolute atomic E-state index is 12.7. The lowest BCUT2D eigenvalue weighted by Gasteiger charge is -1.96. The molecule has 1 aromatic carbocycles. The zero-order valence-electron chi connectivity index (χ0n) is 7.00. The van der Waals surface area contributed by atoms with Crippen LogP contribution in [0, 0.1) is 17.1 Å². The van der Waals surface area contributed by atoms with E-state index in [2.05, 4.69) is 0 Å². The zero-order valence-corrected chi connectivity index (χ0v) is 7.00. The Kier molecular flexibility index (Phi) is 3.18. The van der Waals surface area contributed by atoms with Crippen molar-refractivity contribution < 1.29 is 4.39 Å². The normalized spacial score (nSPS) is 10.2. The zero-order chi connectivity index (χ0) is 9.68. The van der Waals surface area contributed by atoms with E-state index in [9.17, 15) is 4.39 Å². The van der Waals surface area contributed by atoms with E-state index in [1.807, 2.05) is 6.07 Å². The highest BCUT2D eigenvalue weighted by Gasteiger charge is 1.99. The number of hydrogen-bond acceptors (Lipinski definition) is 2. The predicted molar refractivity (Wildman–Crippen MR) is 49.2 cm³/mol. The van der Waals surface area contributed by atoms with Crippen molar-refractivity contribution in [3.63, 3.8) is 0 Å². The van der Waals surface area contributed by atoms with Gasteiger partial charge in [0.2, 0.25) is 0 Å². The molecule has 13 heavy (non-hydrogen) atoms. The minimum atomic E-state index is -0.401. The van der Waals surface area contributed by atoms with Crippen LogP contribution in [0.2, 0.25) is 0 Å². The lowest BCUT2D eigenvalue weighted by Crippen LogP contribution is -1.92. The predicted octanol–water partition coefficient (Wildman–Crippen LogP) is 1.67. The summed E-state index contributed by atoms with van der Waals surface area (Å²) in [4.78, 5) is 0. The van der Waals surface area contributed by atoms with Gasteiger partial charge in [0.1, 0.15) is 5.82 Å². The molecule has 0 saturated heterocycles. The third-order valence-corrected chi connectivity index (χ3v) is 1.57. The highest BCUT2D eigenvalue weighted by Crippen LogP contribution is 2.11. The van der Waals surface area contributed by atoms with Gasteiger partial charge in [0.15, 0.2) is 0 Å². The molecule has 0 heterocycles. The van der Waals surface area contributed by atoms with E-state index in [4.69, 9.17) is 11.0 Å². The molecule has 2 nitrogen and oxygen atoms in total. The van der Waals surface area contributed by atoms with Gasteiger partial charge >= 0.3 is 0 Å². The SMILES string of the molecule is N#Cc1cc(F)ccc1C=CCN. The molecule has 0 bridgehead atoms. The second kappa shape index (κ2) is 4.39. The molecule has 0 fully saturated rings. The number of benzene rings is 1. The van der Waals surface area contributed by atoms with Gasteiger partial charge in [0, 0.05) is 6.54 Å². The third-order valence-electron chi connectivity index (χ3n) is 1.57. The van der Waals surface area contributed by atoms with E-state index in [0.717, 1.165) is 0 Å². The maximum atomic E-state index is 12.7. The molecule has 0 radical (unpaired) electrons. The second-order valence-electron chi connectivity index (χ2n) is 2.48. The smallest absolute Gasteiger partial charge is 0.124 e. The average molecular weight is 176 g/mol. The van der Waals surface area contributed by atoms with Crippen molar-refractivity contribution in [3.8, 4) is 6.07 Å². The summed E-state index contributed by atoms with van der Waals surface area (Å²) < 4.78 is 12.7. The summed E-state index contributed by atoms with van der Waals surface area (Å²) in [6.07, 6.45) is 3.42. The molecule has 0 aliphatic carbocycles. The standard InChI is InChI=1S/C10H9FN2/c11-10-4-3-8(2-1-5-12)9(6-10)7-13/h1-4,6H,5,12H2. The Bertz CT molecular complexity index is 364. The van der Waals surface area contributed by atoms with Gasteiger partial charge in [-0.2, -0.15) is 5.26 Å². The Balaban J connectivity index is 3.08. The fraction of sp³-hybridized carbons (Fsp3) is 0.100. The minimum Gasteiger partial charge on any atom is -0.327 e. The first kappa shape index (κ1) is 9.43. The van der Waals surface area contributed by atoms with Crippen LogP contribution < -0.4 is 5.73 Å². The number of nitriles is 1. The summed E-state index contributed by atoms with van der Waals surface area (Å²) in [7, 11) is 0. The molecule has 66 valence electrons. The molecule has 0 saturated carbocycles. The molecule has 0 unspecified atom stereocenters. The van der Waals surface area contributed by atoms with Crippen LogP contribution in [0.3, 0.4) is 0 Å². The van der Waals surface area contributed by atoms with Crippen LogP contribution >= 0.6 is 0 Å². The van der Waals surface area contributed by atoms with Gasteiger partial charge in [-0.1, -0.05) is 18.2 Å². The molecule has 0 amide bonds. The van der Waals surface area contributed by atoms with E-state index >= 15 is 0 Å². The molecular formula is C10H9FN2. The molecular weight excluding hydrogens is 167 g/mol. The number of hydrogen-bond donors (Lipinski definition) is 1. The van der Waals surface area contributed by atoms with Gasteiger partial charge in [-0.05, 0) is 17.7 Å². The van der Waals surface area contributed by atoms with Crippen LogP contribution in [0.5, 0.6) is 0 Å². The highest BCUT2D eigenvalue weighted by molar-refractivity contribution is 5.57. The Hall–Kier alpha value is -1.66.